The molecule has 41 heavy (non-hydrogen) atoms. The fourth-order valence-electron chi connectivity index (χ4n) is 5.94. The van der Waals surface area contributed by atoms with Gasteiger partial charge in [0.05, 0.1) is 34.1 Å². The van der Waals surface area contributed by atoms with Crippen LogP contribution in [0.4, 0.5) is 0 Å². The highest BCUT2D eigenvalue weighted by atomic mass is 16.5. The quantitative estimate of drug-likeness (QED) is 0.137. The molecule has 8 heteroatoms. The number of fused-ring (bicyclic) bond motifs is 2. The van der Waals surface area contributed by atoms with Gasteiger partial charge in [0.1, 0.15) is 0 Å². The molecule has 0 saturated heterocycles. The first kappa shape index (κ1) is 30.7. The van der Waals surface area contributed by atoms with Gasteiger partial charge in [-0.25, -0.2) is 0 Å². The van der Waals surface area contributed by atoms with Crippen LogP contribution in [0.1, 0.15) is 103 Å². The number of unbranched alkanes of at least 4 members (excludes halogenated alkanes) is 8. The molecule has 0 bridgehead atoms. The van der Waals surface area contributed by atoms with Gasteiger partial charge in [-0.3, -0.25) is 33.1 Å². The van der Waals surface area contributed by atoms with Crippen molar-refractivity contribution in [3.8, 4) is 0 Å². The molecular formula is C33H44N2O6. The van der Waals surface area contributed by atoms with E-state index in [9.17, 15) is 24.0 Å². The Morgan fingerprint density at radius 2 is 1.17 bits per heavy atom. The van der Waals surface area contributed by atoms with Crippen LogP contribution in [0, 0.1) is 5.92 Å². The number of carbonyl (C=O) groups excluding carboxylic acids is 1. The van der Waals surface area contributed by atoms with E-state index in [0.717, 1.165) is 55.9 Å². The molecule has 1 aliphatic rings. The first-order chi connectivity index (χ1) is 19.9. The Morgan fingerprint density at radius 1 is 0.683 bits per heavy atom. The third kappa shape index (κ3) is 7.52. The lowest BCUT2D eigenvalue weighted by Gasteiger charge is -2.16. The highest BCUT2D eigenvalue weighted by Gasteiger charge is 2.21. The first-order valence-electron chi connectivity index (χ1n) is 15.7. The Hall–Kier alpha value is -3.29. The van der Waals surface area contributed by atoms with E-state index in [1.165, 1.54) is 48.8 Å². The third-order valence-electron chi connectivity index (χ3n) is 8.42. The smallest absolute Gasteiger partial charge is 0.308 e. The Bertz CT molecular complexity index is 1470. The van der Waals surface area contributed by atoms with Crippen molar-refractivity contribution in [2.75, 3.05) is 6.61 Å². The van der Waals surface area contributed by atoms with Crippen LogP contribution >= 0.6 is 0 Å². The van der Waals surface area contributed by atoms with Crippen molar-refractivity contribution in [2.24, 2.45) is 5.92 Å². The van der Waals surface area contributed by atoms with Crippen LogP contribution in [0.2, 0.25) is 0 Å². The largest absolute Gasteiger partial charge is 0.465 e. The van der Waals surface area contributed by atoms with Crippen molar-refractivity contribution in [1.82, 2.24) is 9.13 Å². The van der Waals surface area contributed by atoms with Gasteiger partial charge in [-0.15, -0.1) is 0 Å². The predicted molar refractivity (Wildman–Crippen MR) is 163 cm³/mol. The molecule has 0 N–H and O–H groups in total. The highest BCUT2D eigenvalue weighted by molar-refractivity contribution is 5.97. The molecule has 0 amide bonds. The van der Waals surface area contributed by atoms with E-state index in [4.69, 9.17) is 4.74 Å². The summed E-state index contributed by atoms with van der Waals surface area (Å²) < 4.78 is 7.89. The lowest BCUT2D eigenvalue weighted by atomic mass is 9.94. The van der Waals surface area contributed by atoms with E-state index in [-0.39, 0.29) is 46.6 Å². The summed E-state index contributed by atoms with van der Waals surface area (Å²) in [7, 11) is 0. The van der Waals surface area contributed by atoms with Crippen LogP contribution in [-0.4, -0.2) is 21.7 Å². The Balaban J connectivity index is 1.34. The van der Waals surface area contributed by atoms with E-state index < -0.39 is 22.2 Å². The molecule has 0 aliphatic heterocycles. The number of nitrogens with zero attached hydrogens (tertiary/aromatic N) is 2. The fourth-order valence-corrected chi connectivity index (χ4v) is 5.94. The van der Waals surface area contributed by atoms with Gasteiger partial charge in [0.2, 0.25) is 0 Å². The summed E-state index contributed by atoms with van der Waals surface area (Å²) in [5.41, 5.74) is -1.68. The number of allylic oxidation sites excluding steroid dienone is 2. The van der Waals surface area contributed by atoms with Crippen molar-refractivity contribution in [3.63, 3.8) is 0 Å². The monoisotopic (exact) mass is 564 g/mol. The summed E-state index contributed by atoms with van der Waals surface area (Å²) in [6.45, 7) is 2.98. The van der Waals surface area contributed by atoms with Crippen LogP contribution in [0.15, 0.2) is 43.5 Å². The minimum Gasteiger partial charge on any atom is -0.465 e. The van der Waals surface area contributed by atoms with Crippen LogP contribution in [0.3, 0.4) is 0 Å². The molecule has 0 radical (unpaired) electrons. The molecule has 2 aromatic heterocycles. The SMILES string of the molecule is CCCCCCCCCCn1c(=O)c2cc3c(=O)n(CCCCOC(=O)C4CC/C=C\CCC4)c(=O)c3cc2c1=O. The van der Waals surface area contributed by atoms with Gasteiger partial charge in [-0.05, 0) is 63.5 Å². The van der Waals surface area contributed by atoms with Gasteiger partial charge < -0.3 is 4.74 Å². The summed E-state index contributed by atoms with van der Waals surface area (Å²) >= 11 is 0. The fraction of sp³-hybridized carbons (Fsp3) is 0.606. The average Bonchev–Trinajstić information content (AvgIpc) is 3.32. The summed E-state index contributed by atoms with van der Waals surface area (Å²) in [4.78, 5) is 64.6. The zero-order valence-corrected chi connectivity index (χ0v) is 24.5. The molecule has 1 unspecified atom stereocenters. The van der Waals surface area contributed by atoms with Crippen LogP contribution in [0.25, 0.3) is 21.5 Å². The maximum absolute atomic E-state index is 13.1. The van der Waals surface area contributed by atoms with Gasteiger partial charge in [-0.1, -0.05) is 64.0 Å². The topological polar surface area (TPSA) is 104 Å². The second-order valence-electron chi connectivity index (χ2n) is 11.5. The molecule has 0 fully saturated rings. The minimum atomic E-state index is -0.450. The predicted octanol–water partition coefficient (Wildman–Crippen LogP) is 5.51. The van der Waals surface area contributed by atoms with Gasteiger partial charge in [-0.2, -0.15) is 0 Å². The second kappa shape index (κ2) is 15.1. The van der Waals surface area contributed by atoms with E-state index in [1.54, 1.807) is 0 Å². The van der Waals surface area contributed by atoms with Gasteiger partial charge in [0.15, 0.2) is 0 Å². The van der Waals surface area contributed by atoms with Gasteiger partial charge in [0, 0.05) is 13.1 Å². The van der Waals surface area contributed by atoms with Gasteiger partial charge >= 0.3 is 5.97 Å². The molecule has 0 saturated carbocycles. The zero-order chi connectivity index (χ0) is 29.2. The molecule has 3 aromatic rings. The van der Waals surface area contributed by atoms with Crippen LogP contribution in [0.5, 0.6) is 0 Å². The number of ether oxygens (including phenoxy) is 1. The van der Waals surface area contributed by atoms with Gasteiger partial charge in [0.25, 0.3) is 22.2 Å². The van der Waals surface area contributed by atoms with E-state index in [1.807, 2.05) is 0 Å². The number of aromatic nitrogens is 2. The maximum atomic E-state index is 13.1. The average molecular weight is 565 g/mol. The van der Waals surface area contributed by atoms with Crippen LogP contribution in [-0.2, 0) is 22.6 Å². The molecule has 8 nitrogen and oxygen atoms in total. The summed E-state index contributed by atoms with van der Waals surface area (Å²) in [6, 6.07) is 2.84. The van der Waals surface area contributed by atoms with Crippen molar-refractivity contribution < 1.29 is 9.53 Å². The molecule has 2 heterocycles. The van der Waals surface area contributed by atoms with E-state index >= 15 is 0 Å². The van der Waals surface area contributed by atoms with Crippen LogP contribution < -0.4 is 22.2 Å². The van der Waals surface area contributed by atoms with Crippen molar-refractivity contribution in [1.29, 1.82) is 0 Å². The molecule has 1 atom stereocenters. The van der Waals surface area contributed by atoms with Crippen molar-refractivity contribution in [2.45, 2.75) is 116 Å². The number of benzene rings is 1. The van der Waals surface area contributed by atoms with Crippen molar-refractivity contribution in [3.05, 3.63) is 65.7 Å². The second-order valence-corrected chi connectivity index (χ2v) is 11.5. The molecule has 0 spiro atoms. The minimum absolute atomic E-state index is 0.0696. The summed E-state index contributed by atoms with van der Waals surface area (Å²) in [5, 5.41) is 0.753. The molecule has 4 rings (SSSR count). The first-order valence-corrected chi connectivity index (χ1v) is 15.7. The highest BCUT2D eigenvalue weighted by Crippen LogP contribution is 2.20. The third-order valence-corrected chi connectivity index (χ3v) is 8.42. The lowest BCUT2D eigenvalue weighted by molar-refractivity contribution is -0.149. The standard InChI is InChI=1S/C33H44N2O6/c1-2-3-4-5-6-7-11-14-19-34-29(36)25-22-27-28(23-26(25)30(34)37)32(39)35(31(27)38)20-15-16-21-41-33(40)24-17-12-9-8-10-13-18-24/h8-9,22-24H,2-7,10-21H2,1H3/b9-8-. The normalized spacial score (nSPS) is 16.7. The van der Waals surface area contributed by atoms with E-state index in [0.29, 0.717) is 19.4 Å². The zero-order valence-electron chi connectivity index (χ0n) is 24.5. The number of rotatable bonds is 15. The Kier molecular flexibility index (Phi) is 11.3. The van der Waals surface area contributed by atoms with Crippen molar-refractivity contribution >= 4 is 27.5 Å². The Labute approximate surface area is 240 Å². The number of hydrogen-bond donors (Lipinski definition) is 0. The summed E-state index contributed by atoms with van der Waals surface area (Å²) in [5.74, 6) is -0.235. The molecule has 222 valence electrons. The lowest BCUT2D eigenvalue weighted by Crippen LogP contribution is -2.26. The molecular weight excluding hydrogens is 520 g/mol. The van der Waals surface area contributed by atoms with E-state index in [2.05, 4.69) is 19.1 Å². The molecule has 1 aliphatic carbocycles. The number of hydrogen-bond acceptors (Lipinski definition) is 6. The Morgan fingerprint density at radius 3 is 1.73 bits per heavy atom. The number of carbonyl (C=O) groups is 1. The maximum Gasteiger partial charge on any atom is 0.308 e. The molecule has 1 aromatic carbocycles. The summed E-state index contributed by atoms with van der Waals surface area (Å²) in [6.07, 6.45) is 18.7. The number of esters is 1.